The van der Waals surface area contributed by atoms with E-state index in [2.05, 4.69) is 0 Å². The van der Waals surface area contributed by atoms with Crippen LogP contribution in [0.15, 0.2) is 29.2 Å². The molecule has 0 aliphatic carbocycles. The fraction of sp³-hybridized carbons (Fsp3) is 0.400. The molecule has 1 aromatic carbocycles. The Kier molecular flexibility index (Phi) is 3.49. The van der Waals surface area contributed by atoms with E-state index in [0.717, 1.165) is 5.56 Å². The highest BCUT2D eigenvalue weighted by atomic mass is 32.2. The number of primary sulfonamides is 1. The molecule has 0 radical (unpaired) electrons. The van der Waals surface area contributed by atoms with Gasteiger partial charge in [0.05, 0.1) is 11.0 Å². The smallest absolute Gasteiger partial charge is 0.238 e. The van der Waals surface area contributed by atoms with Crippen LogP contribution in [0, 0.1) is 0 Å². The van der Waals surface area contributed by atoms with Crippen molar-refractivity contribution in [2.75, 3.05) is 0 Å². The summed E-state index contributed by atoms with van der Waals surface area (Å²) in [6, 6.07) is 6.22. The van der Waals surface area contributed by atoms with Gasteiger partial charge in [0.15, 0.2) is 0 Å². The molecule has 0 bridgehead atoms. The number of aliphatic hydroxyl groups excluding tert-OH is 1. The lowest BCUT2D eigenvalue weighted by atomic mass is 9.97. The average molecular weight is 229 g/mol. The third-order valence-electron chi connectivity index (χ3n) is 2.46. The molecule has 0 heterocycles. The Morgan fingerprint density at radius 2 is 1.67 bits per heavy atom. The van der Waals surface area contributed by atoms with Crippen LogP contribution in [-0.4, -0.2) is 19.6 Å². The number of hydrogen-bond acceptors (Lipinski definition) is 3. The zero-order chi connectivity index (χ0) is 11.6. The number of nitrogens with two attached hydrogens (primary N) is 1. The Morgan fingerprint density at radius 3 is 2.00 bits per heavy atom. The van der Waals surface area contributed by atoms with Crippen molar-refractivity contribution < 1.29 is 13.5 Å². The molecule has 0 fully saturated rings. The van der Waals surface area contributed by atoms with Gasteiger partial charge in [-0.1, -0.05) is 19.1 Å². The van der Waals surface area contributed by atoms with E-state index >= 15 is 0 Å². The van der Waals surface area contributed by atoms with Crippen molar-refractivity contribution in [2.45, 2.75) is 30.8 Å². The van der Waals surface area contributed by atoms with E-state index in [1.54, 1.807) is 19.1 Å². The van der Waals surface area contributed by atoms with Gasteiger partial charge < -0.3 is 5.11 Å². The predicted octanol–water partition coefficient (Wildman–Crippen LogP) is 0.818. The summed E-state index contributed by atoms with van der Waals surface area (Å²) in [7, 11) is -3.63. The summed E-state index contributed by atoms with van der Waals surface area (Å²) in [5, 5.41) is 14.3. The summed E-state index contributed by atoms with van der Waals surface area (Å²) in [6.45, 7) is 3.56. The van der Waals surface area contributed by atoms with Crippen molar-refractivity contribution in [1.82, 2.24) is 0 Å². The fourth-order valence-corrected chi connectivity index (χ4v) is 1.76. The second-order valence-electron chi connectivity index (χ2n) is 3.64. The minimum Gasteiger partial charge on any atom is -0.393 e. The number of benzene rings is 1. The summed E-state index contributed by atoms with van der Waals surface area (Å²) in [4.78, 5) is 0.0871. The lowest BCUT2D eigenvalue weighted by Gasteiger charge is -2.14. The Morgan fingerprint density at radius 1 is 1.20 bits per heavy atom. The maximum atomic E-state index is 11.0. The molecule has 84 valence electrons. The molecule has 2 atom stereocenters. The summed E-state index contributed by atoms with van der Waals surface area (Å²) >= 11 is 0. The van der Waals surface area contributed by atoms with Crippen molar-refractivity contribution in [1.29, 1.82) is 0 Å². The summed E-state index contributed by atoms with van der Waals surface area (Å²) in [5.74, 6) is -0.0282. The molecule has 3 N–H and O–H groups in total. The van der Waals surface area contributed by atoms with Crippen LogP contribution in [-0.2, 0) is 10.0 Å². The zero-order valence-corrected chi connectivity index (χ0v) is 9.53. The first-order valence-corrected chi connectivity index (χ1v) is 6.18. The van der Waals surface area contributed by atoms with Crippen molar-refractivity contribution >= 4 is 10.0 Å². The van der Waals surface area contributed by atoms with E-state index in [1.165, 1.54) is 12.1 Å². The van der Waals surface area contributed by atoms with Crippen LogP contribution in [0.5, 0.6) is 0 Å². The standard InChI is InChI=1S/C10H15NO3S/c1-7(8(2)12)9-3-5-10(6-4-9)15(11,13)14/h3-8,12H,1-2H3,(H2,11,13,14). The fourth-order valence-electron chi connectivity index (χ4n) is 1.24. The molecular formula is C10H15NO3S. The van der Waals surface area contributed by atoms with Gasteiger partial charge in [-0.2, -0.15) is 0 Å². The van der Waals surface area contributed by atoms with Gasteiger partial charge in [-0.3, -0.25) is 0 Å². The predicted molar refractivity (Wildman–Crippen MR) is 57.9 cm³/mol. The van der Waals surface area contributed by atoms with Gasteiger partial charge in [0.25, 0.3) is 0 Å². The zero-order valence-electron chi connectivity index (χ0n) is 8.71. The Hall–Kier alpha value is -0.910. The SMILES string of the molecule is CC(O)C(C)c1ccc(S(N)(=O)=O)cc1. The molecule has 0 saturated carbocycles. The van der Waals surface area contributed by atoms with E-state index in [9.17, 15) is 13.5 Å². The first-order chi connectivity index (χ1) is 6.82. The van der Waals surface area contributed by atoms with Gasteiger partial charge >= 0.3 is 0 Å². The first-order valence-electron chi connectivity index (χ1n) is 4.63. The van der Waals surface area contributed by atoms with Gasteiger partial charge in [0.2, 0.25) is 10.0 Å². The highest BCUT2D eigenvalue weighted by Gasteiger charge is 2.13. The van der Waals surface area contributed by atoms with Gasteiger partial charge in [-0.15, -0.1) is 0 Å². The third kappa shape index (κ3) is 3.02. The molecule has 1 rings (SSSR count). The van der Waals surface area contributed by atoms with E-state index in [1.807, 2.05) is 6.92 Å². The number of sulfonamides is 1. The van der Waals surface area contributed by atoms with E-state index in [4.69, 9.17) is 5.14 Å². The van der Waals surface area contributed by atoms with Gasteiger partial charge in [-0.05, 0) is 24.6 Å². The second kappa shape index (κ2) is 4.30. The monoisotopic (exact) mass is 229 g/mol. The summed E-state index contributed by atoms with van der Waals surface area (Å²) in [5.41, 5.74) is 0.886. The number of hydrogen-bond donors (Lipinski definition) is 2. The molecule has 0 aliphatic heterocycles. The molecule has 2 unspecified atom stereocenters. The van der Waals surface area contributed by atoms with E-state index < -0.39 is 16.1 Å². The maximum absolute atomic E-state index is 11.0. The van der Waals surface area contributed by atoms with Crippen molar-refractivity contribution in [2.24, 2.45) is 5.14 Å². The summed E-state index contributed by atoms with van der Waals surface area (Å²) in [6.07, 6.45) is -0.467. The van der Waals surface area contributed by atoms with Gasteiger partial charge in [0.1, 0.15) is 0 Å². The van der Waals surface area contributed by atoms with Crippen LogP contribution in [0.3, 0.4) is 0 Å². The van der Waals surface area contributed by atoms with E-state index in [0.29, 0.717) is 0 Å². The Labute approximate surface area is 89.8 Å². The third-order valence-corrected chi connectivity index (χ3v) is 3.39. The minimum atomic E-state index is -3.63. The molecule has 0 aliphatic rings. The molecule has 15 heavy (non-hydrogen) atoms. The average Bonchev–Trinajstić information content (AvgIpc) is 2.15. The number of rotatable bonds is 3. The molecule has 4 nitrogen and oxygen atoms in total. The van der Waals surface area contributed by atoms with Crippen molar-refractivity contribution in [3.8, 4) is 0 Å². The maximum Gasteiger partial charge on any atom is 0.238 e. The lowest BCUT2D eigenvalue weighted by Crippen LogP contribution is -2.13. The largest absolute Gasteiger partial charge is 0.393 e. The molecule has 0 aromatic heterocycles. The molecule has 1 aromatic rings. The summed E-state index contributed by atoms with van der Waals surface area (Å²) < 4.78 is 22.0. The molecular weight excluding hydrogens is 214 g/mol. The molecule has 0 amide bonds. The van der Waals surface area contributed by atoms with Crippen LogP contribution in [0.25, 0.3) is 0 Å². The number of aliphatic hydroxyl groups is 1. The van der Waals surface area contributed by atoms with Crippen molar-refractivity contribution in [3.63, 3.8) is 0 Å². The van der Waals surface area contributed by atoms with Crippen LogP contribution in [0.4, 0.5) is 0 Å². The van der Waals surface area contributed by atoms with E-state index in [-0.39, 0.29) is 10.8 Å². The lowest BCUT2D eigenvalue weighted by molar-refractivity contribution is 0.169. The topological polar surface area (TPSA) is 80.4 Å². The van der Waals surface area contributed by atoms with Crippen LogP contribution >= 0.6 is 0 Å². The second-order valence-corrected chi connectivity index (χ2v) is 5.20. The minimum absolute atomic E-state index is 0.0282. The molecule has 0 spiro atoms. The Balaban J connectivity index is 3.01. The van der Waals surface area contributed by atoms with Crippen molar-refractivity contribution in [3.05, 3.63) is 29.8 Å². The van der Waals surface area contributed by atoms with Crippen LogP contribution in [0.2, 0.25) is 0 Å². The highest BCUT2D eigenvalue weighted by Crippen LogP contribution is 2.20. The Bertz CT molecular complexity index is 422. The highest BCUT2D eigenvalue weighted by molar-refractivity contribution is 7.89. The van der Waals surface area contributed by atoms with Gasteiger partial charge in [-0.25, -0.2) is 13.6 Å². The van der Waals surface area contributed by atoms with Crippen LogP contribution in [0.1, 0.15) is 25.3 Å². The molecule has 0 saturated heterocycles. The first kappa shape index (κ1) is 12.2. The van der Waals surface area contributed by atoms with Gasteiger partial charge in [0, 0.05) is 5.92 Å². The molecule has 5 heteroatoms. The van der Waals surface area contributed by atoms with Crippen LogP contribution < -0.4 is 5.14 Å². The quantitative estimate of drug-likeness (QED) is 0.805. The normalized spacial score (nSPS) is 16.0.